The first-order valence-electron chi connectivity index (χ1n) is 9.63. The van der Waals surface area contributed by atoms with Gasteiger partial charge in [0.15, 0.2) is 0 Å². The molecule has 2 amide bonds. The smallest absolute Gasteiger partial charge is 0.256 e. The summed E-state index contributed by atoms with van der Waals surface area (Å²) in [4.78, 5) is 30.4. The first-order valence-corrected chi connectivity index (χ1v) is 10.8. The van der Waals surface area contributed by atoms with Crippen LogP contribution in [0.5, 0.6) is 0 Å². The Balaban J connectivity index is 1.80. The molecule has 3 aromatic carbocycles. The van der Waals surface area contributed by atoms with E-state index in [1.807, 2.05) is 48.5 Å². The summed E-state index contributed by atoms with van der Waals surface area (Å²) in [6.45, 7) is 0.418. The minimum atomic E-state index is -0.727. The number of amides is 2. The van der Waals surface area contributed by atoms with Crippen LogP contribution >= 0.6 is 27.5 Å². The second-order valence-corrected chi connectivity index (χ2v) is 8.60. The van der Waals surface area contributed by atoms with Crippen LogP contribution in [0, 0.1) is 0 Å². The van der Waals surface area contributed by atoms with Crippen LogP contribution in [-0.2, 0) is 11.2 Å². The number of anilines is 1. The van der Waals surface area contributed by atoms with Gasteiger partial charge in [-0.3, -0.25) is 9.59 Å². The molecular formula is C24H20BrClN2O2. The summed E-state index contributed by atoms with van der Waals surface area (Å²) in [5.41, 5.74) is 2.96. The molecule has 0 aromatic heterocycles. The lowest BCUT2D eigenvalue weighted by atomic mass is 10.0. The average molecular weight is 484 g/mol. The zero-order chi connectivity index (χ0) is 21.3. The van der Waals surface area contributed by atoms with Crippen LogP contribution in [-0.4, -0.2) is 30.3 Å². The molecule has 1 atom stereocenters. The predicted molar refractivity (Wildman–Crippen MR) is 123 cm³/mol. The highest BCUT2D eigenvalue weighted by Gasteiger charge is 2.39. The number of nitrogens with zero attached hydrogens (tertiary/aromatic N) is 2. The van der Waals surface area contributed by atoms with Gasteiger partial charge in [0, 0.05) is 23.1 Å². The molecule has 0 spiro atoms. The van der Waals surface area contributed by atoms with Gasteiger partial charge in [0.05, 0.1) is 11.3 Å². The van der Waals surface area contributed by atoms with E-state index in [9.17, 15) is 9.59 Å². The topological polar surface area (TPSA) is 40.6 Å². The molecule has 6 heteroatoms. The maximum Gasteiger partial charge on any atom is 0.256 e. The molecule has 3 aromatic rings. The van der Waals surface area contributed by atoms with Gasteiger partial charge in [-0.05, 0) is 47.9 Å². The number of fused-ring (bicyclic) bond motifs is 1. The van der Waals surface area contributed by atoms with Gasteiger partial charge in [-0.25, -0.2) is 0 Å². The molecule has 4 rings (SSSR count). The van der Waals surface area contributed by atoms with Crippen molar-refractivity contribution in [2.24, 2.45) is 0 Å². The van der Waals surface area contributed by atoms with Gasteiger partial charge >= 0.3 is 0 Å². The minimum Gasteiger partial charge on any atom is -0.322 e. The normalized spacial score (nSPS) is 16.4. The molecule has 1 unspecified atom stereocenters. The van der Waals surface area contributed by atoms with E-state index < -0.39 is 6.04 Å². The summed E-state index contributed by atoms with van der Waals surface area (Å²) >= 11 is 9.52. The number of hydrogen-bond donors (Lipinski definition) is 0. The molecule has 0 aliphatic carbocycles. The van der Waals surface area contributed by atoms with Crippen molar-refractivity contribution < 1.29 is 9.59 Å². The van der Waals surface area contributed by atoms with Crippen LogP contribution < -0.4 is 4.90 Å². The molecule has 0 fully saturated rings. The highest BCUT2D eigenvalue weighted by Crippen LogP contribution is 2.35. The number of hydrogen-bond acceptors (Lipinski definition) is 2. The number of carbonyl (C=O) groups excluding carboxylic acids is 2. The SMILES string of the molecule is CN1C(=O)C(c2ccc(Cl)cc2)N(CCc2ccccc2)C(=O)c2cc(Br)ccc21. The van der Waals surface area contributed by atoms with Gasteiger partial charge in [0.1, 0.15) is 6.04 Å². The molecule has 1 aliphatic heterocycles. The highest BCUT2D eigenvalue weighted by molar-refractivity contribution is 9.10. The van der Waals surface area contributed by atoms with Crippen molar-refractivity contribution in [2.75, 3.05) is 18.5 Å². The summed E-state index contributed by atoms with van der Waals surface area (Å²) in [6.07, 6.45) is 0.650. The van der Waals surface area contributed by atoms with Crippen LogP contribution in [0.3, 0.4) is 0 Å². The van der Waals surface area contributed by atoms with Crippen molar-refractivity contribution >= 4 is 45.0 Å². The zero-order valence-electron chi connectivity index (χ0n) is 16.4. The molecule has 152 valence electrons. The summed E-state index contributed by atoms with van der Waals surface area (Å²) < 4.78 is 0.795. The summed E-state index contributed by atoms with van der Waals surface area (Å²) in [6, 6.07) is 21.8. The molecule has 0 saturated heterocycles. The van der Waals surface area contributed by atoms with Gasteiger partial charge in [0.2, 0.25) is 0 Å². The Morgan fingerprint density at radius 3 is 2.37 bits per heavy atom. The third kappa shape index (κ3) is 4.00. The van der Waals surface area contributed by atoms with E-state index in [0.717, 1.165) is 15.6 Å². The van der Waals surface area contributed by atoms with E-state index in [4.69, 9.17) is 11.6 Å². The Hall–Kier alpha value is -2.63. The number of carbonyl (C=O) groups is 2. The lowest BCUT2D eigenvalue weighted by molar-refractivity contribution is -0.122. The van der Waals surface area contributed by atoms with Crippen LogP contribution in [0.1, 0.15) is 27.5 Å². The van der Waals surface area contributed by atoms with Gasteiger partial charge in [-0.2, -0.15) is 0 Å². The quantitative estimate of drug-likeness (QED) is 0.491. The van der Waals surface area contributed by atoms with Crippen LogP contribution in [0.2, 0.25) is 5.02 Å². The first kappa shape index (κ1) is 20.6. The van der Waals surface area contributed by atoms with E-state index >= 15 is 0 Å². The lowest BCUT2D eigenvalue weighted by Gasteiger charge is -2.30. The number of halogens is 2. The van der Waals surface area contributed by atoms with Gasteiger partial charge in [0.25, 0.3) is 11.8 Å². The molecule has 4 nitrogen and oxygen atoms in total. The number of benzene rings is 3. The molecule has 0 N–H and O–H groups in total. The van der Waals surface area contributed by atoms with E-state index in [1.54, 1.807) is 41.1 Å². The van der Waals surface area contributed by atoms with Crippen LogP contribution in [0.25, 0.3) is 0 Å². The summed E-state index contributed by atoms with van der Waals surface area (Å²) in [7, 11) is 1.71. The minimum absolute atomic E-state index is 0.153. The Kier molecular flexibility index (Phi) is 5.93. The third-order valence-corrected chi connectivity index (χ3v) is 6.10. The molecule has 30 heavy (non-hydrogen) atoms. The van der Waals surface area contributed by atoms with Gasteiger partial charge in [-0.1, -0.05) is 70.0 Å². The number of likely N-dealkylation sites (N-methyl/N-ethyl adjacent to an activating group) is 1. The maximum atomic E-state index is 13.7. The Bertz CT molecular complexity index is 1090. The highest BCUT2D eigenvalue weighted by atomic mass is 79.9. The van der Waals surface area contributed by atoms with Gasteiger partial charge < -0.3 is 9.80 Å². The molecule has 0 bridgehead atoms. The predicted octanol–water partition coefficient (Wildman–Crippen LogP) is 5.51. The second-order valence-electron chi connectivity index (χ2n) is 7.25. The molecule has 1 aliphatic rings. The molecule has 1 heterocycles. The van der Waals surface area contributed by atoms with E-state index in [2.05, 4.69) is 15.9 Å². The molecule has 0 saturated carbocycles. The fraction of sp³-hybridized carbons (Fsp3) is 0.167. The van der Waals surface area contributed by atoms with Crippen molar-refractivity contribution in [1.29, 1.82) is 0 Å². The zero-order valence-corrected chi connectivity index (χ0v) is 18.7. The van der Waals surface area contributed by atoms with Crippen molar-refractivity contribution in [2.45, 2.75) is 12.5 Å². The van der Waals surface area contributed by atoms with Crippen molar-refractivity contribution in [3.63, 3.8) is 0 Å². The fourth-order valence-corrected chi connectivity index (χ4v) is 4.26. The standard InChI is InChI=1S/C24H20BrClN2O2/c1-27-21-12-9-18(25)15-20(21)23(29)28(14-13-16-5-3-2-4-6-16)22(24(27)30)17-7-10-19(26)11-8-17/h2-12,15,22H,13-14H2,1H3. The third-order valence-electron chi connectivity index (χ3n) is 5.36. The van der Waals surface area contributed by atoms with E-state index in [1.165, 1.54) is 0 Å². The van der Waals surface area contributed by atoms with Gasteiger partial charge in [-0.15, -0.1) is 0 Å². The van der Waals surface area contributed by atoms with Crippen LogP contribution in [0.4, 0.5) is 5.69 Å². The maximum absolute atomic E-state index is 13.7. The van der Waals surface area contributed by atoms with E-state index in [0.29, 0.717) is 29.2 Å². The van der Waals surface area contributed by atoms with E-state index in [-0.39, 0.29) is 11.8 Å². The second kappa shape index (κ2) is 8.62. The van der Waals surface area contributed by atoms with Crippen molar-refractivity contribution in [3.05, 3.63) is 99.0 Å². The number of rotatable bonds is 4. The van der Waals surface area contributed by atoms with Crippen molar-refractivity contribution in [1.82, 2.24) is 4.90 Å². The molecule has 0 radical (unpaired) electrons. The fourth-order valence-electron chi connectivity index (χ4n) is 3.77. The summed E-state index contributed by atoms with van der Waals surface area (Å²) in [5, 5.41) is 0.586. The lowest BCUT2D eigenvalue weighted by Crippen LogP contribution is -2.42. The monoisotopic (exact) mass is 482 g/mol. The van der Waals surface area contributed by atoms with Crippen molar-refractivity contribution in [3.8, 4) is 0 Å². The Labute approximate surface area is 189 Å². The summed E-state index contributed by atoms with van der Waals surface area (Å²) in [5.74, 6) is -0.320. The van der Waals surface area contributed by atoms with Crippen LogP contribution in [0.15, 0.2) is 77.3 Å². The molecular weight excluding hydrogens is 464 g/mol. The average Bonchev–Trinajstić information content (AvgIpc) is 2.83. The first-order chi connectivity index (χ1) is 14.5. The Morgan fingerprint density at radius 2 is 1.67 bits per heavy atom. The Morgan fingerprint density at radius 1 is 0.967 bits per heavy atom. The largest absolute Gasteiger partial charge is 0.322 e.